The van der Waals surface area contributed by atoms with E-state index >= 15 is 0 Å². The maximum Gasteiger partial charge on any atom is -0.147 e. The van der Waals surface area contributed by atoms with Crippen molar-refractivity contribution in [3.8, 4) is 11.5 Å². The van der Waals surface area contributed by atoms with Crippen LogP contribution in [0.5, 0.6) is 11.5 Å². The fourth-order valence-electron chi connectivity index (χ4n) is 4.38. The Labute approximate surface area is 237 Å². The van der Waals surface area contributed by atoms with Crippen molar-refractivity contribution in [1.82, 2.24) is 4.98 Å². The van der Waals surface area contributed by atoms with Crippen molar-refractivity contribution in [3.05, 3.63) is 87.7 Å². The van der Waals surface area contributed by atoms with E-state index in [-0.39, 0.29) is 35.6 Å². The maximum atomic E-state index is 6.70. The van der Waals surface area contributed by atoms with Crippen LogP contribution < -0.4 is 6.64 Å². The van der Waals surface area contributed by atoms with Crippen LogP contribution >= 0.6 is 24.8 Å². The third-order valence-electron chi connectivity index (χ3n) is 6.03. The van der Waals surface area contributed by atoms with E-state index in [0.29, 0.717) is 0 Å². The molecule has 2 aromatic carbocycles. The molecule has 196 valence electrons. The fraction of sp³-hybridized carbons (Fsp3) is 0.400. The first kappa shape index (κ1) is 32.4. The van der Waals surface area contributed by atoms with Gasteiger partial charge >= 0.3 is 213 Å². The quantitative estimate of drug-likeness (QED) is 0.290. The molecule has 0 aliphatic carbocycles. The zero-order valence-electron chi connectivity index (χ0n) is 23.3. The largest absolute Gasteiger partial charge is 0.147 e. The molecule has 36 heavy (non-hydrogen) atoms. The number of pyridine rings is 1. The number of hydrogen-bond acceptors (Lipinski definition) is 3. The van der Waals surface area contributed by atoms with E-state index in [4.69, 9.17) is 6.64 Å². The summed E-state index contributed by atoms with van der Waals surface area (Å²) in [6, 6.07) is 14.8. The van der Waals surface area contributed by atoms with Gasteiger partial charge in [0.15, 0.2) is 0 Å². The summed E-state index contributed by atoms with van der Waals surface area (Å²) in [6.07, 6.45) is 1.81. The van der Waals surface area contributed by atoms with Gasteiger partial charge in [-0.3, -0.25) is 0 Å². The van der Waals surface area contributed by atoms with Gasteiger partial charge in [-0.15, -0.1) is 24.8 Å². The van der Waals surface area contributed by atoms with Crippen LogP contribution in [0.3, 0.4) is 0 Å². The van der Waals surface area contributed by atoms with Crippen molar-refractivity contribution in [2.75, 3.05) is 0 Å². The van der Waals surface area contributed by atoms with Crippen LogP contribution in [0.15, 0.2) is 48.7 Å². The van der Waals surface area contributed by atoms with Crippen LogP contribution in [0, 0.1) is 27.7 Å². The molecule has 0 fully saturated rings. The molecule has 0 aliphatic rings. The van der Waals surface area contributed by atoms with Crippen LogP contribution in [0.4, 0.5) is 0 Å². The molecule has 6 heteroatoms. The summed E-state index contributed by atoms with van der Waals surface area (Å²) >= 11 is -2.68. The Hall–Kier alpha value is -1.65. The second-order valence-electron chi connectivity index (χ2n) is 11.3. The second kappa shape index (κ2) is 12.7. The van der Waals surface area contributed by atoms with Crippen LogP contribution in [0.25, 0.3) is 0 Å². The molecule has 0 amide bonds. The first-order chi connectivity index (χ1) is 15.8. The van der Waals surface area contributed by atoms with Gasteiger partial charge in [0.1, 0.15) is 0 Å². The molecule has 0 bridgehead atoms. The van der Waals surface area contributed by atoms with E-state index in [9.17, 15) is 0 Å². The predicted molar refractivity (Wildman–Crippen MR) is 154 cm³/mol. The van der Waals surface area contributed by atoms with Gasteiger partial charge in [0, 0.05) is 0 Å². The third-order valence-corrected chi connectivity index (χ3v) is 8.18. The number of aromatic nitrogens is 1. The van der Waals surface area contributed by atoms with E-state index in [0.717, 1.165) is 28.3 Å². The van der Waals surface area contributed by atoms with Gasteiger partial charge in [0.2, 0.25) is 0 Å². The van der Waals surface area contributed by atoms with Gasteiger partial charge in [-0.25, -0.2) is 0 Å². The molecule has 0 saturated carbocycles. The van der Waals surface area contributed by atoms with E-state index in [1.165, 1.54) is 22.3 Å². The van der Waals surface area contributed by atoms with Crippen molar-refractivity contribution < 1.29 is 24.8 Å². The summed E-state index contributed by atoms with van der Waals surface area (Å²) < 4.78 is 15.5. The summed E-state index contributed by atoms with van der Waals surface area (Å²) in [5.74, 6) is 1.80. The van der Waals surface area contributed by atoms with Crippen LogP contribution in [0.2, 0.25) is 0 Å². The zero-order chi connectivity index (χ0) is 25.3. The number of hydrogen-bond donors (Lipinski definition) is 0. The molecule has 0 aliphatic heterocycles. The van der Waals surface area contributed by atoms with E-state index < -0.39 is 18.2 Å². The smallest absolute Gasteiger partial charge is 0.147 e. The van der Waals surface area contributed by atoms with Crippen molar-refractivity contribution in [2.45, 2.75) is 80.1 Å². The Bertz CT molecular complexity index is 1140. The molecule has 0 saturated heterocycles. The number of halogens is 2. The Balaban J connectivity index is 0.00000324. The SMILES string of the molecule is Cc1cc(C)c(C(C)(C)C)cc1[O][Ti](=[CH]c1ccccn1)[O]c1cc(C(C)(C)C)c(C)cc1C.Cl.Cl. The average Bonchev–Trinajstić information content (AvgIpc) is 2.70. The first-order valence-corrected chi connectivity index (χ1v) is 14.2. The monoisotopic (exact) mass is 565 g/mol. The molecule has 1 aromatic heterocycles. The zero-order valence-corrected chi connectivity index (χ0v) is 26.5. The molecule has 1 heterocycles. The Morgan fingerprint density at radius 1 is 0.667 bits per heavy atom. The first-order valence-electron chi connectivity index (χ1n) is 12.0. The molecule has 0 unspecified atom stereocenters. The van der Waals surface area contributed by atoms with Gasteiger partial charge in [-0.05, 0) is 0 Å². The minimum absolute atomic E-state index is 0. The molecule has 0 spiro atoms. The normalized spacial score (nSPS) is 11.2. The van der Waals surface area contributed by atoms with Gasteiger partial charge in [-0.1, -0.05) is 0 Å². The summed E-state index contributed by atoms with van der Waals surface area (Å²) in [5, 5.41) is 0. The summed E-state index contributed by atoms with van der Waals surface area (Å²) in [6.45, 7) is 22.0. The maximum absolute atomic E-state index is 6.70. The number of nitrogens with zero attached hydrogens (tertiary/aromatic N) is 1. The summed E-state index contributed by atoms with van der Waals surface area (Å²) in [4.78, 5) is 4.51. The minimum atomic E-state index is -2.68. The van der Waals surface area contributed by atoms with Crippen LogP contribution in [-0.4, -0.2) is 9.30 Å². The molecule has 0 radical (unpaired) electrons. The topological polar surface area (TPSA) is 31.4 Å². The number of benzene rings is 2. The van der Waals surface area contributed by atoms with Crippen LogP contribution in [0.1, 0.15) is 80.6 Å². The second-order valence-corrected chi connectivity index (χ2v) is 13.4. The van der Waals surface area contributed by atoms with Crippen molar-refractivity contribution in [1.29, 1.82) is 0 Å². The van der Waals surface area contributed by atoms with Gasteiger partial charge in [0.25, 0.3) is 0 Å². The van der Waals surface area contributed by atoms with Crippen LogP contribution in [-0.2, 0) is 29.0 Å². The molecule has 3 nitrogen and oxygen atoms in total. The number of aryl methyl sites for hydroxylation is 4. The molecular formula is C30H41Cl2NO2Ti. The Morgan fingerprint density at radius 3 is 1.47 bits per heavy atom. The van der Waals surface area contributed by atoms with E-state index in [1.807, 2.05) is 24.4 Å². The standard InChI is InChI=1S/2C12H18O.C6H5N.2ClH.Ti/c2*1-8-6-9(2)11(13)7-10(8)12(3,4)5;1-6-4-2-3-5-7-6;;;/h2*6-7,13H,1-5H3;1-5H;2*1H;/q;;;;;+2/p-2. The fourth-order valence-corrected chi connectivity index (χ4v) is 6.64. The minimum Gasteiger partial charge on any atom is -0.147 e. The Kier molecular flexibility index (Phi) is 11.5. The Morgan fingerprint density at radius 2 is 1.11 bits per heavy atom. The van der Waals surface area contributed by atoms with Gasteiger partial charge < -0.3 is 0 Å². The summed E-state index contributed by atoms with van der Waals surface area (Å²) in [7, 11) is 0. The number of rotatable bonds is 5. The molecular weight excluding hydrogens is 525 g/mol. The molecule has 0 atom stereocenters. The van der Waals surface area contributed by atoms with E-state index in [2.05, 4.69) is 103 Å². The van der Waals surface area contributed by atoms with Crippen molar-refractivity contribution >= 4 is 29.1 Å². The molecule has 0 N–H and O–H groups in total. The third kappa shape index (κ3) is 8.18. The predicted octanol–water partition coefficient (Wildman–Crippen LogP) is 8.51. The van der Waals surface area contributed by atoms with Crippen molar-refractivity contribution in [2.24, 2.45) is 0 Å². The molecule has 3 rings (SSSR count). The van der Waals surface area contributed by atoms with Crippen molar-refractivity contribution in [3.63, 3.8) is 0 Å². The van der Waals surface area contributed by atoms with Gasteiger partial charge in [-0.2, -0.15) is 0 Å². The van der Waals surface area contributed by atoms with E-state index in [1.54, 1.807) is 0 Å². The average molecular weight is 566 g/mol. The van der Waals surface area contributed by atoms with Gasteiger partial charge in [0.05, 0.1) is 0 Å². The summed E-state index contributed by atoms with van der Waals surface area (Å²) in [5.41, 5.74) is 8.40. The molecule has 3 aromatic rings.